The Bertz CT molecular complexity index is 394. The fourth-order valence-electron chi connectivity index (χ4n) is 1.52. The van der Waals surface area contributed by atoms with Crippen molar-refractivity contribution in [3.63, 3.8) is 0 Å². The molecule has 1 N–H and O–H groups in total. The van der Waals surface area contributed by atoms with Gasteiger partial charge in [-0.1, -0.05) is 13.8 Å². The third-order valence-electron chi connectivity index (χ3n) is 3.06. The van der Waals surface area contributed by atoms with E-state index in [2.05, 4.69) is 10.3 Å². The summed E-state index contributed by atoms with van der Waals surface area (Å²) in [6.45, 7) is 6.07. The van der Waals surface area contributed by atoms with Crippen molar-refractivity contribution in [2.24, 2.45) is 5.92 Å². The highest BCUT2D eigenvalue weighted by molar-refractivity contribution is 5.49. The van der Waals surface area contributed by atoms with Gasteiger partial charge in [0.2, 0.25) is 0 Å². The van der Waals surface area contributed by atoms with Crippen LogP contribution in [0.25, 0.3) is 0 Å². The molecule has 0 saturated carbocycles. The van der Waals surface area contributed by atoms with Crippen LogP contribution in [0.15, 0.2) is 6.07 Å². The molecule has 1 rings (SSSR count). The molecule has 17 heavy (non-hydrogen) atoms. The lowest BCUT2D eigenvalue weighted by Crippen LogP contribution is -2.34. The van der Waals surface area contributed by atoms with Gasteiger partial charge in [0.15, 0.2) is 23.3 Å². The lowest BCUT2D eigenvalue weighted by molar-refractivity contribution is 0.490. The number of nitrogens with zero attached hydrogens (tertiary/aromatic N) is 2. The predicted octanol–water partition coefficient (Wildman–Crippen LogP) is 2.88. The summed E-state index contributed by atoms with van der Waals surface area (Å²) < 4.78 is 26.9. The second-order valence-electron chi connectivity index (χ2n) is 4.47. The second-order valence-corrected chi connectivity index (χ2v) is 4.47. The minimum absolute atomic E-state index is 0.0595. The fourth-order valence-corrected chi connectivity index (χ4v) is 1.52. The van der Waals surface area contributed by atoms with Crippen molar-refractivity contribution >= 4 is 11.6 Å². The van der Waals surface area contributed by atoms with Gasteiger partial charge in [-0.2, -0.15) is 0 Å². The molecule has 0 aromatic carbocycles. The van der Waals surface area contributed by atoms with Crippen molar-refractivity contribution in [3.8, 4) is 0 Å². The van der Waals surface area contributed by atoms with Gasteiger partial charge in [-0.15, -0.1) is 0 Å². The molecule has 1 unspecified atom stereocenters. The van der Waals surface area contributed by atoms with Crippen molar-refractivity contribution in [2.75, 3.05) is 24.3 Å². The fraction of sp³-hybridized carbons (Fsp3) is 0.583. The molecule has 0 aliphatic heterocycles. The number of pyridine rings is 1. The minimum Gasteiger partial charge on any atom is -0.371 e. The van der Waals surface area contributed by atoms with E-state index in [1.807, 2.05) is 20.8 Å². The summed E-state index contributed by atoms with van der Waals surface area (Å²) >= 11 is 0. The maximum absolute atomic E-state index is 13.7. The summed E-state index contributed by atoms with van der Waals surface area (Å²) in [6, 6.07) is 0.977. The Labute approximate surface area is 101 Å². The number of hydrogen-bond donors (Lipinski definition) is 1. The molecule has 0 aliphatic carbocycles. The first-order chi connectivity index (χ1) is 7.88. The second kappa shape index (κ2) is 5.29. The van der Waals surface area contributed by atoms with Crippen LogP contribution in [0.2, 0.25) is 0 Å². The number of rotatable bonds is 4. The van der Waals surface area contributed by atoms with E-state index in [9.17, 15) is 8.78 Å². The van der Waals surface area contributed by atoms with Gasteiger partial charge in [-0.05, 0) is 12.8 Å². The Morgan fingerprint density at radius 2 is 1.82 bits per heavy atom. The highest BCUT2D eigenvalue weighted by atomic mass is 19.1. The van der Waals surface area contributed by atoms with Crippen molar-refractivity contribution in [1.82, 2.24) is 4.98 Å². The molecule has 5 heteroatoms. The van der Waals surface area contributed by atoms with Crippen molar-refractivity contribution in [1.29, 1.82) is 0 Å². The van der Waals surface area contributed by atoms with Crippen LogP contribution < -0.4 is 10.2 Å². The first-order valence-electron chi connectivity index (χ1n) is 5.65. The number of halogens is 2. The van der Waals surface area contributed by atoms with E-state index in [4.69, 9.17) is 0 Å². The number of nitrogens with one attached hydrogen (secondary N) is 1. The van der Waals surface area contributed by atoms with Crippen molar-refractivity contribution in [3.05, 3.63) is 17.7 Å². The first-order valence-corrected chi connectivity index (χ1v) is 5.65. The van der Waals surface area contributed by atoms with Gasteiger partial charge >= 0.3 is 0 Å². The lowest BCUT2D eigenvalue weighted by Gasteiger charge is -2.29. The molecule has 1 atom stereocenters. The average molecular weight is 243 g/mol. The van der Waals surface area contributed by atoms with E-state index < -0.39 is 11.6 Å². The van der Waals surface area contributed by atoms with E-state index >= 15 is 0 Å². The summed E-state index contributed by atoms with van der Waals surface area (Å²) in [5, 5.41) is 2.61. The number of aromatic nitrogens is 1. The Hall–Kier alpha value is -1.39. The normalized spacial score (nSPS) is 12.7. The van der Waals surface area contributed by atoms with Crippen molar-refractivity contribution in [2.45, 2.75) is 26.8 Å². The van der Waals surface area contributed by atoms with Gasteiger partial charge in [0, 0.05) is 26.2 Å². The maximum Gasteiger partial charge on any atom is 0.168 e. The topological polar surface area (TPSA) is 28.2 Å². The quantitative estimate of drug-likeness (QED) is 0.881. The largest absolute Gasteiger partial charge is 0.371 e. The van der Waals surface area contributed by atoms with Gasteiger partial charge in [0.25, 0.3) is 0 Å². The maximum atomic E-state index is 13.7. The zero-order valence-corrected chi connectivity index (χ0v) is 10.9. The van der Waals surface area contributed by atoms with E-state index in [0.717, 1.165) is 6.07 Å². The SMILES string of the molecule is CNc1nc(N(C)C(C)C(C)C)c(F)cc1F. The zero-order valence-electron chi connectivity index (χ0n) is 10.9. The molecule has 1 heterocycles. The van der Waals surface area contributed by atoms with E-state index in [1.54, 1.807) is 19.0 Å². The van der Waals surface area contributed by atoms with E-state index in [1.165, 1.54) is 0 Å². The van der Waals surface area contributed by atoms with E-state index in [-0.39, 0.29) is 17.7 Å². The molecule has 1 aromatic rings. The number of hydrogen-bond acceptors (Lipinski definition) is 3. The molecule has 0 amide bonds. The molecular weight excluding hydrogens is 224 g/mol. The predicted molar refractivity (Wildman–Crippen MR) is 66.4 cm³/mol. The third kappa shape index (κ3) is 2.84. The Morgan fingerprint density at radius 3 is 2.29 bits per heavy atom. The van der Waals surface area contributed by atoms with Crippen LogP contribution >= 0.6 is 0 Å². The standard InChI is InChI=1S/C12H19F2N3/c1-7(2)8(3)17(5)12-10(14)6-9(13)11(15-4)16-12/h6-8H,1-5H3,(H,15,16). The van der Waals surface area contributed by atoms with Gasteiger partial charge < -0.3 is 10.2 Å². The third-order valence-corrected chi connectivity index (χ3v) is 3.06. The molecular formula is C12H19F2N3. The zero-order chi connectivity index (χ0) is 13.2. The van der Waals surface area contributed by atoms with Gasteiger partial charge in [-0.25, -0.2) is 13.8 Å². The van der Waals surface area contributed by atoms with Crippen LogP contribution in [-0.4, -0.2) is 25.1 Å². The molecule has 0 radical (unpaired) electrons. The van der Waals surface area contributed by atoms with Crippen molar-refractivity contribution < 1.29 is 8.78 Å². The summed E-state index contributed by atoms with van der Waals surface area (Å²) in [4.78, 5) is 5.68. The average Bonchev–Trinajstić information content (AvgIpc) is 2.27. The molecule has 0 bridgehead atoms. The molecule has 0 spiro atoms. The highest BCUT2D eigenvalue weighted by Gasteiger charge is 2.20. The number of anilines is 2. The first kappa shape index (κ1) is 13.7. The Morgan fingerprint density at radius 1 is 1.24 bits per heavy atom. The summed E-state index contributed by atoms with van der Waals surface area (Å²) in [7, 11) is 3.31. The highest BCUT2D eigenvalue weighted by Crippen LogP contribution is 2.24. The smallest absolute Gasteiger partial charge is 0.168 e. The summed E-state index contributed by atoms with van der Waals surface area (Å²) in [5.41, 5.74) is 0. The van der Waals surface area contributed by atoms with Gasteiger partial charge in [0.1, 0.15) is 0 Å². The lowest BCUT2D eigenvalue weighted by atomic mass is 10.1. The van der Waals surface area contributed by atoms with Crippen LogP contribution in [0.1, 0.15) is 20.8 Å². The Balaban J connectivity index is 3.13. The Kier molecular flexibility index (Phi) is 4.26. The summed E-state index contributed by atoms with van der Waals surface area (Å²) in [6.07, 6.45) is 0. The van der Waals surface area contributed by atoms with Crippen LogP contribution in [0.4, 0.5) is 20.4 Å². The molecule has 0 fully saturated rings. The summed E-state index contributed by atoms with van der Waals surface area (Å²) in [5.74, 6) is -0.749. The monoisotopic (exact) mass is 243 g/mol. The van der Waals surface area contributed by atoms with Crippen LogP contribution in [0.3, 0.4) is 0 Å². The molecule has 96 valence electrons. The molecule has 1 aromatic heterocycles. The van der Waals surface area contributed by atoms with Crippen LogP contribution in [-0.2, 0) is 0 Å². The minimum atomic E-state index is -0.681. The molecule has 3 nitrogen and oxygen atoms in total. The van der Waals surface area contributed by atoms with Crippen LogP contribution in [0, 0.1) is 17.6 Å². The van der Waals surface area contributed by atoms with Gasteiger partial charge in [0.05, 0.1) is 0 Å². The van der Waals surface area contributed by atoms with E-state index in [0.29, 0.717) is 5.92 Å². The molecule has 0 saturated heterocycles. The molecule has 0 aliphatic rings. The van der Waals surface area contributed by atoms with Gasteiger partial charge in [-0.3, -0.25) is 0 Å². The van der Waals surface area contributed by atoms with Crippen LogP contribution in [0.5, 0.6) is 0 Å².